The molecular weight excluding hydrogens is 401 g/mol. The highest BCUT2D eigenvalue weighted by molar-refractivity contribution is 6.38. The van der Waals surface area contributed by atoms with Crippen LogP contribution in [0, 0.1) is 6.92 Å². The Bertz CT molecular complexity index is 1110. The van der Waals surface area contributed by atoms with Gasteiger partial charge >= 0.3 is 0 Å². The number of rotatable bonds is 4. The van der Waals surface area contributed by atoms with Crippen molar-refractivity contribution in [2.75, 3.05) is 18.9 Å². The van der Waals surface area contributed by atoms with Crippen LogP contribution in [0.4, 0.5) is 5.95 Å². The Labute approximate surface area is 171 Å². The van der Waals surface area contributed by atoms with Crippen LogP contribution in [0.25, 0.3) is 22.3 Å². The molecule has 0 saturated heterocycles. The number of ether oxygens (including phenoxy) is 1. The number of halogens is 2. The second-order valence-electron chi connectivity index (χ2n) is 6.64. The molecule has 4 rings (SSSR count). The SMILES string of the molecule is CCNC(=O)Cn1cc(C)c2nc(N)nc(-c3c(Cl)cc(Cl)c4c3CCO4)c21. The summed E-state index contributed by atoms with van der Waals surface area (Å²) in [5.41, 5.74) is 10.5. The summed E-state index contributed by atoms with van der Waals surface area (Å²) in [6, 6.07) is 1.65. The topological polar surface area (TPSA) is 95.1 Å². The number of carbonyl (C=O) groups is 1. The molecule has 0 unspecified atom stereocenters. The number of aryl methyl sites for hydroxylation is 1. The highest BCUT2D eigenvalue weighted by Crippen LogP contribution is 2.45. The number of nitrogen functional groups attached to an aromatic ring is 1. The van der Waals surface area contributed by atoms with Crippen molar-refractivity contribution in [2.24, 2.45) is 0 Å². The minimum atomic E-state index is -0.0991. The van der Waals surface area contributed by atoms with Crippen LogP contribution in [0.1, 0.15) is 18.1 Å². The van der Waals surface area contributed by atoms with Gasteiger partial charge in [0, 0.05) is 30.3 Å². The van der Waals surface area contributed by atoms with Crippen LogP contribution in [0.2, 0.25) is 10.0 Å². The predicted molar refractivity (Wildman–Crippen MR) is 110 cm³/mol. The quantitative estimate of drug-likeness (QED) is 0.675. The van der Waals surface area contributed by atoms with E-state index in [9.17, 15) is 4.79 Å². The van der Waals surface area contributed by atoms with Crippen molar-refractivity contribution in [3.8, 4) is 17.0 Å². The molecule has 1 amide bonds. The van der Waals surface area contributed by atoms with Gasteiger partial charge in [-0.05, 0) is 25.5 Å². The van der Waals surface area contributed by atoms with Crippen molar-refractivity contribution in [3.63, 3.8) is 0 Å². The Kier molecular flexibility index (Phi) is 4.81. The van der Waals surface area contributed by atoms with Crippen molar-refractivity contribution in [1.29, 1.82) is 0 Å². The van der Waals surface area contributed by atoms with Crippen molar-refractivity contribution >= 4 is 46.1 Å². The van der Waals surface area contributed by atoms with E-state index in [1.54, 1.807) is 6.07 Å². The van der Waals surface area contributed by atoms with Crippen LogP contribution in [0.5, 0.6) is 5.75 Å². The molecule has 0 radical (unpaired) electrons. The number of carbonyl (C=O) groups excluding carboxylic acids is 1. The number of hydrogen-bond acceptors (Lipinski definition) is 5. The van der Waals surface area contributed by atoms with Gasteiger partial charge < -0.3 is 20.4 Å². The molecule has 28 heavy (non-hydrogen) atoms. The third kappa shape index (κ3) is 3.04. The van der Waals surface area contributed by atoms with E-state index in [1.165, 1.54) is 0 Å². The van der Waals surface area contributed by atoms with E-state index in [-0.39, 0.29) is 18.4 Å². The molecule has 1 aliphatic heterocycles. The second kappa shape index (κ2) is 7.14. The van der Waals surface area contributed by atoms with Crippen LogP contribution >= 0.6 is 23.2 Å². The Balaban J connectivity index is 2.01. The third-order valence-electron chi connectivity index (χ3n) is 4.72. The fourth-order valence-corrected chi connectivity index (χ4v) is 4.29. The molecule has 0 saturated carbocycles. The van der Waals surface area contributed by atoms with Gasteiger partial charge in [-0.25, -0.2) is 9.97 Å². The fraction of sp³-hybridized carbons (Fsp3) is 0.316. The summed E-state index contributed by atoms with van der Waals surface area (Å²) < 4.78 is 7.52. The van der Waals surface area contributed by atoms with Gasteiger partial charge in [0.2, 0.25) is 11.9 Å². The Morgan fingerprint density at radius 3 is 2.89 bits per heavy atom. The van der Waals surface area contributed by atoms with Crippen LogP contribution in [-0.2, 0) is 17.8 Å². The lowest BCUT2D eigenvalue weighted by molar-refractivity contribution is -0.121. The monoisotopic (exact) mass is 419 g/mol. The Morgan fingerprint density at radius 2 is 2.14 bits per heavy atom. The van der Waals surface area contributed by atoms with Gasteiger partial charge in [0.05, 0.1) is 27.7 Å². The number of nitrogens with zero attached hydrogens (tertiary/aromatic N) is 3. The molecule has 3 aromatic rings. The zero-order valence-corrected chi connectivity index (χ0v) is 17.0. The highest BCUT2D eigenvalue weighted by Gasteiger charge is 2.27. The van der Waals surface area contributed by atoms with E-state index in [4.69, 9.17) is 33.7 Å². The number of nitrogens with two attached hydrogens (primary N) is 1. The number of benzene rings is 1. The summed E-state index contributed by atoms with van der Waals surface area (Å²) in [6.45, 7) is 5.02. The number of amides is 1. The average molecular weight is 420 g/mol. The molecule has 1 aromatic carbocycles. The fourth-order valence-electron chi connectivity index (χ4n) is 3.64. The summed E-state index contributed by atoms with van der Waals surface area (Å²) in [5.74, 6) is 0.655. The summed E-state index contributed by atoms with van der Waals surface area (Å²) in [7, 11) is 0. The molecule has 0 aliphatic carbocycles. The maximum atomic E-state index is 12.2. The first-order valence-electron chi connectivity index (χ1n) is 8.94. The van der Waals surface area contributed by atoms with Crippen LogP contribution in [0.3, 0.4) is 0 Å². The summed E-state index contributed by atoms with van der Waals surface area (Å²) >= 11 is 12.9. The molecule has 1 aliphatic rings. The van der Waals surface area contributed by atoms with Crippen molar-refractivity contribution in [2.45, 2.75) is 26.8 Å². The lowest BCUT2D eigenvalue weighted by atomic mass is 10.0. The maximum absolute atomic E-state index is 12.2. The van der Waals surface area contributed by atoms with Crippen LogP contribution in [0.15, 0.2) is 12.3 Å². The van der Waals surface area contributed by atoms with Gasteiger partial charge in [-0.15, -0.1) is 0 Å². The van der Waals surface area contributed by atoms with Gasteiger partial charge in [0.15, 0.2) is 0 Å². The molecule has 0 atom stereocenters. The lowest BCUT2D eigenvalue weighted by Gasteiger charge is -2.14. The highest BCUT2D eigenvalue weighted by atomic mass is 35.5. The smallest absolute Gasteiger partial charge is 0.239 e. The number of aromatic nitrogens is 3. The number of likely N-dealkylation sites (N-methyl/N-ethyl adjacent to an activating group) is 1. The van der Waals surface area contributed by atoms with Crippen molar-refractivity contribution < 1.29 is 9.53 Å². The number of nitrogens with one attached hydrogen (secondary N) is 1. The van der Waals surface area contributed by atoms with E-state index >= 15 is 0 Å². The molecular formula is C19H19Cl2N5O2. The lowest BCUT2D eigenvalue weighted by Crippen LogP contribution is -2.26. The first-order valence-corrected chi connectivity index (χ1v) is 9.70. The molecule has 0 fully saturated rings. The van der Waals surface area contributed by atoms with E-state index < -0.39 is 0 Å². The van der Waals surface area contributed by atoms with Crippen LogP contribution in [-0.4, -0.2) is 33.6 Å². The molecule has 0 spiro atoms. The zero-order valence-electron chi connectivity index (χ0n) is 15.5. The zero-order chi connectivity index (χ0) is 20.0. The van der Waals surface area contributed by atoms with Gasteiger partial charge in [-0.3, -0.25) is 4.79 Å². The van der Waals surface area contributed by atoms with E-state index in [0.29, 0.717) is 57.7 Å². The largest absolute Gasteiger partial charge is 0.491 e. The van der Waals surface area contributed by atoms with Gasteiger partial charge in [-0.1, -0.05) is 23.2 Å². The number of fused-ring (bicyclic) bond motifs is 2. The molecule has 2 aromatic heterocycles. The van der Waals surface area contributed by atoms with Gasteiger partial charge in [-0.2, -0.15) is 0 Å². The molecule has 146 valence electrons. The molecule has 3 heterocycles. The minimum absolute atomic E-state index is 0.0991. The van der Waals surface area contributed by atoms with Gasteiger partial charge in [0.1, 0.15) is 18.0 Å². The summed E-state index contributed by atoms with van der Waals surface area (Å²) in [4.78, 5) is 21.1. The molecule has 3 N–H and O–H groups in total. The first kappa shape index (κ1) is 18.8. The molecule has 7 nitrogen and oxygen atoms in total. The molecule has 0 bridgehead atoms. The standard InChI is InChI=1S/C19H19Cl2N5O2/c1-3-23-13(27)8-26-7-9(2)15-17(26)16(25-19(22)24-15)14-10-4-5-28-18(10)12(21)6-11(14)20/h6-7H,3-5,8H2,1-2H3,(H,23,27)(H2,22,24,25). The third-order valence-corrected chi connectivity index (χ3v) is 5.30. The summed E-state index contributed by atoms with van der Waals surface area (Å²) in [6.07, 6.45) is 2.53. The number of anilines is 1. The number of hydrogen-bond donors (Lipinski definition) is 2. The second-order valence-corrected chi connectivity index (χ2v) is 7.46. The Hall–Kier alpha value is -2.51. The van der Waals surface area contributed by atoms with E-state index in [2.05, 4.69) is 15.3 Å². The summed E-state index contributed by atoms with van der Waals surface area (Å²) in [5, 5.41) is 3.73. The molecule has 9 heteroatoms. The van der Waals surface area contributed by atoms with E-state index in [0.717, 1.165) is 11.1 Å². The maximum Gasteiger partial charge on any atom is 0.239 e. The predicted octanol–water partition coefficient (Wildman–Crippen LogP) is 3.37. The van der Waals surface area contributed by atoms with Gasteiger partial charge in [0.25, 0.3) is 0 Å². The minimum Gasteiger partial charge on any atom is -0.491 e. The van der Waals surface area contributed by atoms with Crippen molar-refractivity contribution in [3.05, 3.63) is 33.4 Å². The average Bonchev–Trinajstić information content (AvgIpc) is 3.21. The van der Waals surface area contributed by atoms with E-state index in [1.807, 2.05) is 24.6 Å². The Morgan fingerprint density at radius 1 is 1.36 bits per heavy atom. The first-order chi connectivity index (χ1) is 13.4. The van der Waals surface area contributed by atoms with Crippen LogP contribution < -0.4 is 15.8 Å². The normalized spacial score (nSPS) is 12.9. The van der Waals surface area contributed by atoms with Crippen molar-refractivity contribution in [1.82, 2.24) is 19.9 Å².